The smallest absolute Gasteiger partial charge is 0.416 e. The quantitative estimate of drug-likeness (QED) is 0.914. The summed E-state index contributed by atoms with van der Waals surface area (Å²) in [6.45, 7) is 3.01. The number of rotatable bonds is 3. The highest BCUT2D eigenvalue weighted by atomic mass is 35.5. The largest absolute Gasteiger partial charge is 0.467 e. The first-order valence-electron chi connectivity index (χ1n) is 7.31. The lowest BCUT2D eigenvalue weighted by atomic mass is 9.99. The van der Waals surface area contributed by atoms with Crippen LogP contribution < -0.4 is 5.32 Å². The maximum atomic E-state index is 13.1. The summed E-state index contributed by atoms with van der Waals surface area (Å²) in [5.41, 5.74) is -0.256. The van der Waals surface area contributed by atoms with Crippen molar-refractivity contribution in [2.24, 2.45) is 0 Å². The Labute approximate surface area is 137 Å². The summed E-state index contributed by atoms with van der Waals surface area (Å²) in [7, 11) is 0. The fourth-order valence-corrected chi connectivity index (χ4v) is 3.12. The molecule has 1 aromatic carbocycles. The van der Waals surface area contributed by atoms with E-state index in [1.54, 1.807) is 18.2 Å². The average molecular weight is 345 g/mol. The van der Waals surface area contributed by atoms with Crippen molar-refractivity contribution in [3.8, 4) is 0 Å². The molecule has 1 fully saturated rings. The minimum atomic E-state index is -4.43. The predicted molar refractivity (Wildman–Crippen MR) is 81.4 cm³/mol. The Morgan fingerprint density at radius 1 is 1.17 bits per heavy atom. The number of nitrogens with zero attached hydrogens (tertiary/aromatic N) is 1. The van der Waals surface area contributed by atoms with E-state index in [1.807, 2.05) is 0 Å². The first-order chi connectivity index (χ1) is 10.9. The summed E-state index contributed by atoms with van der Waals surface area (Å²) < 4.78 is 44.8. The van der Waals surface area contributed by atoms with Crippen LogP contribution in [0.4, 0.5) is 13.2 Å². The van der Waals surface area contributed by atoms with E-state index in [-0.39, 0.29) is 11.1 Å². The number of furan rings is 1. The molecule has 1 saturated heterocycles. The Bertz CT molecular complexity index is 652. The molecule has 2 aromatic rings. The van der Waals surface area contributed by atoms with E-state index >= 15 is 0 Å². The highest BCUT2D eigenvalue weighted by molar-refractivity contribution is 6.30. The second kappa shape index (κ2) is 6.55. The molecule has 1 N–H and O–H groups in total. The number of hydrogen-bond donors (Lipinski definition) is 1. The summed E-state index contributed by atoms with van der Waals surface area (Å²) in [6.07, 6.45) is -2.91. The Morgan fingerprint density at radius 3 is 2.52 bits per heavy atom. The van der Waals surface area contributed by atoms with Gasteiger partial charge in [0.2, 0.25) is 0 Å². The van der Waals surface area contributed by atoms with Crippen LogP contribution in [0, 0.1) is 0 Å². The number of benzene rings is 1. The van der Waals surface area contributed by atoms with E-state index in [1.165, 1.54) is 6.26 Å². The molecule has 0 amide bonds. The number of nitrogens with one attached hydrogen (secondary N) is 1. The first kappa shape index (κ1) is 16.4. The van der Waals surface area contributed by atoms with Gasteiger partial charge in [-0.1, -0.05) is 11.6 Å². The van der Waals surface area contributed by atoms with Crippen LogP contribution in [0.2, 0.25) is 5.02 Å². The maximum absolute atomic E-state index is 13.1. The van der Waals surface area contributed by atoms with Crippen molar-refractivity contribution >= 4 is 11.6 Å². The fraction of sp³-hybridized carbons (Fsp3) is 0.375. The Balaban J connectivity index is 2.04. The number of alkyl halides is 3. The zero-order valence-electron chi connectivity index (χ0n) is 12.2. The van der Waals surface area contributed by atoms with Gasteiger partial charge in [0, 0.05) is 31.2 Å². The molecule has 124 valence electrons. The number of halogens is 4. The lowest BCUT2D eigenvalue weighted by Crippen LogP contribution is -2.45. The van der Waals surface area contributed by atoms with Crippen LogP contribution in [-0.4, -0.2) is 31.1 Å². The topological polar surface area (TPSA) is 28.4 Å². The van der Waals surface area contributed by atoms with Crippen LogP contribution in [0.3, 0.4) is 0 Å². The first-order valence-corrected chi connectivity index (χ1v) is 7.69. The third-order valence-electron chi connectivity index (χ3n) is 3.89. The van der Waals surface area contributed by atoms with Crippen molar-refractivity contribution < 1.29 is 17.6 Å². The molecule has 3 nitrogen and oxygen atoms in total. The molecule has 0 spiro atoms. The van der Waals surface area contributed by atoms with Gasteiger partial charge < -0.3 is 9.73 Å². The van der Waals surface area contributed by atoms with Gasteiger partial charge in [-0.15, -0.1) is 0 Å². The van der Waals surface area contributed by atoms with Crippen molar-refractivity contribution in [2.45, 2.75) is 12.2 Å². The Hall–Kier alpha value is -1.50. The van der Waals surface area contributed by atoms with E-state index in [4.69, 9.17) is 16.0 Å². The third-order valence-corrected chi connectivity index (χ3v) is 4.11. The molecule has 0 bridgehead atoms. The summed E-state index contributed by atoms with van der Waals surface area (Å²) in [5.74, 6) is 0.613. The molecule has 3 rings (SSSR count). The Morgan fingerprint density at radius 2 is 1.91 bits per heavy atom. The SMILES string of the molecule is FC(F)(F)c1cc(Cl)cc([C@@H](c2ccco2)N2CCNCC2)c1. The minimum absolute atomic E-state index is 0.0708. The maximum Gasteiger partial charge on any atom is 0.416 e. The summed E-state index contributed by atoms with van der Waals surface area (Å²) >= 11 is 5.94. The van der Waals surface area contributed by atoms with Gasteiger partial charge in [-0.25, -0.2) is 0 Å². The predicted octanol–water partition coefficient (Wildman–Crippen LogP) is 3.95. The summed E-state index contributed by atoms with van der Waals surface area (Å²) in [6, 6.07) is 6.81. The molecule has 0 aliphatic carbocycles. The van der Waals surface area contributed by atoms with Gasteiger partial charge >= 0.3 is 6.18 Å². The van der Waals surface area contributed by atoms with Crippen molar-refractivity contribution in [3.63, 3.8) is 0 Å². The van der Waals surface area contributed by atoms with Gasteiger partial charge in [0.1, 0.15) is 5.76 Å². The normalized spacial score (nSPS) is 18.1. The van der Waals surface area contributed by atoms with Crippen molar-refractivity contribution in [1.29, 1.82) is 0 Å². The standard InChI is InChI=1S/C16H16ClF3N2O/c17-13-9-11(8-12(10-13)16(18,19)20)15(14-2-1-7-23-14)22-5-3-21-4-6-22/h1-2,7-10,15,21H,3-6H2/t15-/m0/s1. The molecule has 0 unspecified atom stereocenters. The number of hydrogen-bond acceptors (Lipinski definition) is 3. The molecule has 1 aliphatic heterocycles. The second-order valence-corrected chi connectivity index (χ2v) is 5.91. The second-order valence-electron chi connectivity index (χ2n) is 5.47. The van der Waals surface area contributed by atoms with Gasteiger partial charge in [0.05, 0.1) is 17.9 Å². The van der Waals surface area contributed by atoms with E-state index in [0.717, 1.165) is 38.3 Å². The summed E-state index contributed by atoms with van der Waals surface area (Å²) in [4.78, 5) is 2.10. The minimum Gasteiger partial charge on any atom is -0.467 e. The molecule has 1 atom stereocenters. The molecule has 0 radical (unpaired) electrons. The molecule has 23 heavy (non-hydrogen) atoms. The molecule has 0 saturated carbocycles. The number of piperazine rings is 1. The van der Waals surface area contributed by atoms with Gasteiger partial charge in [-0.3, -0.25) is 4.90 Å². The third kappa shape index (κ3) is 3.71. The lowest BCUT2D eigenvalue weighted by molar-refractivity contribution is -0.137. The highest BCUT2D eigenvalue weighted by Crippen LogP contribution is 2.36. The molecular weight excluding hydrogens is 329 g/mol. The van der Waals surface area contributed by atoms with Crippen molar-refractivity contribution in [3.05, 3.63) is 58.5 Å². The highest BCUT2D eigenvalue weighted by Gasteiger charge is 2.33. The fourth-order valence-electron chi connectivity index (χ4n) is 2.88. The van der Waals surface area contributed by atoms with Crippen LogP contribution in [0.25, 0.3) is 0 Å². The van der Waals surface area contributed by atoms with Gasteiger partial charge in [-0.2, -0.15) is 13.2 Å². The zero-order valence-corrected chi connectivity index (χ0v) is 13.0. The van der Waals surface area contributed by atoms with Gasteiger partial charge in [0.25, 0.3) is 0 Å². The zero-order chi connectivity index (χ0) is 16.4. The van der Waals surface area contributed by atoms with E-state index in [2.05, 4.69) is 10.2 Å². The molecule has 1 aromatic heterocycles. The van der Waals surface area contributed by atoms with E-state index in [0.29, 0.717) is 11.3 Å². The van der Waals surface area contributed by atoms with Crippen molar-refractivity contribution in [1.82, 2.24) is 10.2 Å². The van der Waals surface area contributed by atoms with Crippen LogP contribution in [0.1, 0.15) is 22.9 Å². The Kier molecular flexibility index (Phi) is 4.66. The van der Waals surface area contributed by atoms with Crippen LogP contribution in [0.5, 0.6) is 0 Å². The molecule has 1 aliphatic rings. The van der Waals surface area contributed by atoms with E-state index < -0.39 is 11.7 Å². The van der Waals surface area contributed by atoms with Gasteiger partial charge in [0.15, 0.2) is 0 Å². The van der Waals surface area contributed by atoms with Crippen molar-refractivity contribution in [2.75, 3.05) is 26.2 Å². The van der Waals surface area contributed by atoms with Crippen LogP contribution in [-0.2, 0) is 6.18 Å². The lowest BCUT2D eigenvalue weighted by Gasteiger charge is -2.34. The molecular formula is C16H16ClF3N2O. The van der Waals surface area contributed by atoms with Gasteiger partial charge in [-0.05, 0) is 35.9 Å². The average Bonchev–Trinajstić information content (AvgIpc) is 3.01. The molecule has 2 heterocycles. The molecule has 7 heteroatoms. The summed E-state index contributed by atoms with van der Waals surface area (Å²) in [5, 5.41) is 3.31. The monoisotopic (exact) mass is 344 g/mol. The van der Waals surface area contributed by atoms with E-state index in [9.17, 15) is 13.2 Å². The van der Waals surface area contributed by atoms with Crippen LogP contribution in [0.15, 0.2) is 41.0 Å². The van der Waals surface area contributed by atoms with Crippen LogP contribution >= 0.6 is 11.6 Å².